The van der Waals surface area contributed by atoms with Gasteiger partial charge in [-0.2, -0.15) is 0 Å². The second-order valence-electron chi connectivity index (χ2n) is 5.06. The third-order valence-corrected chi connectivity index (χ3v) is 3.48. The Labute approximate surface area is 115 Å². The largest absolute Gasteiger partial charge is 0.335 e. The maximum Gasteiger partial charge on any atom is 0.319 e. The van der Waals surface area contributed by atoms with E-state index in [2.05, 4.69) is 22.9 Å². The number of nitrogens with one attached hydrogen (secondary N) is 3. The predicted molar refractivity (Wildman–Crippen MR) is 78.2 cm³/mol. The fourth-order valence-electron chi connectivity index (χ4n) is 2.40. The van der Waals surface area contributed by atoms with Crippen molar-refractivity contribution in [3.8, 4) is 0 Å². The average Bonchev–Trinajstić information content (AvgIpc) is 2.90. The van der Waals surface area contributed by atoms with Gasteiger partial charge in [-0.05, 0) is 37.1 Å². The Morgan fingerprint density at radius 3 is 2.53 bits per heavy atom. The van der Waals surface area contributed by atoms with Crippen molar-refractivity contribution in [3.05, 3.63) is 29.8 Å². The summed E-state index contributed by atoms with van der Waals surface area (Å²) in [5.74, 6) is 0. The molecule has 1 aromatic rings. The number of anilines is 1. The molecular weight excluding hydrogens is 238 g/mol. The van der Waals surface area contributed by atoms with E-state index in [1.165, 1.54) is 18.4 Å². The van der Waals surface area contributed by atoms with Gasteiger partial charge in [-0.15, -0.1) is 0 Å². The minimum Gasteiger partial charge on any atom is -0.335 e. The van der Waals surface area contributed by atoms with Crippen molar-refractivity contribution in [2.75, 3.05) is 11.9 Å². The zero-order valence-corrected chi connectivity index (χ0v) is 11.5. The van der Waals surface area contributed by atoms with Crippen LogP contribution in [0.3, 0.4) is 0 Å². The minimum atomic E-state index is -0.0914. The second-order valence-corrected chi connectivity index (χ2v) is 5.06. The lowest BCUT2D eigenvalue weighted by atomic mass is 10.2. The summed E-state index contributed by atoms with van der Waals surface area (Å²) in [6.07, 6.45) is 4.66. The average molecular weight is 261 g/mol. The highest BCUT2D eigenvalue weighted by Gasteiger charge is 2.16. The third-order valence-electron chi connectivity index (χ3n) is 3.48. The van der Waals surface area contributed by atoms with Crippen LogP contribution in [-0.2, 0) is 6.54 Å². The molecule has 4 heteroatoms. The molecule has 1 aromatic carbocycles. The number of rotatable bonds is 5. The molecule has 2 amide bonds. The standard InChI is InChI=1S/C15H23N3O/c1-2-16-11-12-7-9-14(10-8-12)18-15(19)17-13-5-3-4-6-13/h7-10,13,16H,2-6,11H2,1H3,(H2,17,18,19). The highest BCUT2D eigenvalue weighted by atomic mass is 16.2. The van der Waals surface area contributed by atoms with Crippen LogP contribution in [0.15, 0.2) is 24.3 Å². The molecule has 1 fully saturated rings. The topological polar surface area (TPSA) is 53.2 Å². The molecule has 0 bridgehead atoms. The van der Waals surface area contributed by atoms with Gasteiger partial charge in [0, 0.05) is 18.3 Å². The maximum atomic E-state index is 11.8. The first-order chi connectivity index (χ1) is 9.28. The van der Waals surface area contributed by atoms with E-state index >= 15 is 0 Å². The number of hydrogen-bond donors (Lipinski definition) is 3. The number of carbonyl (C=O) groups excluding carboxylic acids is 1. The van der Waals surface area contributed by atoms with E-state index in [1.807, 2.05) is 24.3 Å². The molecule has 2 rings (SSSR count). The van der Waals surface area contributed by atoms with Crippen LogP contribution >= 0.6 is 0 Å². The molecule has 3 N–H and O–H groups in total. The summed E-state index contributed by atoms with van der Waals surface area (Å²) >= 11 is 0. The van der Waals surface area contributed by atoms with Gasteiger partial charge in [0.2, 0.25) is 0 Å². The lowest BCUT2D eigenvalue weighted by Crippen LogP contribution is -2.36. The normalized spacial score (nSPS) is 15.4. The van der Waals surface area contributed by atoms with Gasteiger partial charge in [-0.3, -0.25) is 0 Å². The zero-order valence-electron chi connectivity index (χ0n) is 11.5. The predicted octanol–water partition coefficient (Wildman–Crippen LogP) is 2.86. The van der Waals surface area contributed by atoms with Gasteiger partial charge in [0.25, 0.3) is 0 Å². The molecule has 1 aliphatic carbocycles. The summed E-state index contributed by atoms with van der Waals surface area (Å²) in [4.78, 5) is 11.8. The Morgan fingerprint density at radius 1 is 1.21 bits per heavy atom. The van der Waals surface area contributed by atoms with Gasteiger partial charge in [-0.1, -0.05) is 31.9 Å². The van der Waals surface area contributed by atoms with Crippen molar-refractivity contribution < 1.29 is 4.79 Å². The summed E-state index contributed by atoms with van der Waals surface area (Å²) in [6, 6.07) is 8.23. The fourth-order valence-corrected chi connectivity index (χ4v) is 2.40. The Hall–Kier alpha value is -1.55. The first-order valence-corrected chi connectivity index (χ1v) is 7.15. The Morgan fingerprint density at radius 2 is 1.89 bits per heavy atom. The second kappa shape index (κ2) is 7.14. The van der Waals surface area contributed by atoms with Crippen LogP contribution in [-0.4, -0.2) is 18.6 Å². The van der Waals surface area contributed by atoms with Crippen molar-refractivity contribution in [2.45, 2.75) is 45.2 Å². The SMILES string of the molecule is CCNCc1ccc(NC(=O)NC2CCCC2)cc1. The number of hydrogen-bond acceptors (Lipinski definition) is 2. The van der Waals surface area contributed by atoms with Crippen LogP contribution in [0.5, 0.6) is 0 Å². The molecule has 1 saturated carbocycles. The molecule has 0 aromatic heterocycles. The Kier molecular flexibility index (Phi) is 5.21. The van der Waals surface area contributed by atoms with Gasteiger partial charge >= 0.3 is 6.03 Å². The summed E-state index contributed by atoms with van der Waals surface area (Å²) in [5, 5.41) is 9.17. The molecule has 1 aliphatic rings. The molecule has 0 aliphatic heterocycles. The molecule has 19 heavy (non-hydrogen) atoms. The first kappa shape index (κ1) is 13.9. The number of amides is 2. The Balaban J connectivity index is 1.79. The van der Waals surface area contributed by atoms with Gasteiger partial charge in [0.15, 0.2) is 0 Å². The molecule has 104 valence electrons. The molecule has 0 atom stereocenters. The Bertz CT molecular complexity index is 396. The van der Waals surface area contributed by atoms with Crippen molar-refractivity contribution in [2.24, 2.45) is 0 Å². The highest BCUT2D eigenvalue weighted by molar-refractivity contribution is 5.89. The van der Waals surface area contributed by atoms with E-state index in [0.29, 0.717) is 6.04 Å². The van der Waals surface area contributed by atoms with Crippen LogP contribution in [0.4, 0.5) is 10.5 Å². The van der Waals surface area contributed by atoms with Crippen LogP contribution in [0.2, 0.25) is 0 Å². The highest BCUT2D eigenvalue weighted by Crippen LogP contribution is 2.17. The number of urea groups is 1. The van der Waals surface area contributed by atoms with Crippen LogP contribution in [0, 0.1) is 0 Å². The summed E-state index contributed by atoms with van der Waals surface area (Å²) in [6.45, 7) is 3.91. The maximum absolute atomic E-state index is 11.8. The molecule has 0 heterocycles. The van der Waals surface area contributed by atoms with E-state index in [4.69, 9.17) is 0 Å². The van der Waals surface area contributed by atoms with Gasteiger partial charge in [0.1, 0.15) is 0 Å². The fraction of sp³-hybridized carbons (Fsp3) is 0.533. The van der Waals surface area contributed by atoms with Crippen LogP contribution in [0.25, 0.3) is 0 Å². The summed E-state index contributed by atoms with van der Waals surface area (Å²) in [5.41, 5.74) is 2.07. The lowest BCUT2D eigenvalue weighted by molar-refractivity contribution is 0.248. The first-order valence-electron chi connectivity index (χ1n) is 7.15. The summed E-state index contributed by atoms with van der Waals surface area (Å²) in [7, 11) is 0. The molecule has 0 spiro atoms. The number of benzene rings is 1. The summed E-state index contributed by atoms with van der Waals surface area (Å²) < 4.78 is 0. The van der Waals surface area contributed by atoms with Crippen molar-refractivity contribution in [1.29, 1.82) is 0 Å². The molecule has 4 nitrogen and oxygen atoms in total. The van der Waals surface area contributed by atoms with E-state index < -0.39 is 0 Å². The molecule has 0 saturated heterocycles. The van der Waals surface area contributed by atoms with Gasteiger partial charge < -0.3 is 16.0 Å². The quantitative estimate of drug-likeness (QED) is 0.763. The molecular formula is C15H23N3O. The smallest absolute Gasteiger partial charge is 0.319 e. The lowest BCUT2D eigenvalue weighted by Gasteiger charge is -2.13. The minimum absolute atomic E-state index is 0.0914. The van der Waals surface area contributed by atoms with Crippen molar-refractivity contribution in [3.63, 3.8) is 0 Å². The molecule has 0 radical (unpaired) electrons. The number of carbonyl (C=O) groups is 1. The van der Waals surface area contributed by atoms with E-state index in [-0.39, 0.29) is 6.03 Å². The van der Waals surface area contributed by atoms with Crippen LogP contribution in [0.1, 0.15) is 38.2 Å². The van der Waals surface area contributed by atoms with E-state index in [1.54, 1.807) is 0 Å². The zero-order chi connectivity index (χ0) is 13.5. The van der Waals surface area contributed by atoms with E-state index in [9.17, 15) is 4.79 Å². The van der Waals surface area contributed by atoms with E-state index in [0.717, 1.165) is 31.6 Å². The van der Waals surface area contributed by atoms with Crippen molar-refractivity contribution in [1.82, 2.24) is 10.6 Å². The molecule has 0 unspecified atom stereocenters. The van der Waals surface area contributed by atoms with Gasteiger partial charge in [0.05, 0.1) is 0 Å². The van der Waals surface area contributed by atoms with Crippen LogP contribution < -0.4 is 16.0 Å². The third kappa shape index (κ3) is 4.56. The van der Waals surface area contributed by atoms with Crippen molar-refractivity contribution >= 4 is 11.7 Å². The van der Waals surface area contributed by atoms with Gasteiger partial charge in [-0.25, -0.2) is 4.79 Å². The monoisotopic (exact) mass is 261 g/mol.